The summed E-state index contributed by atoms with van der Waals surface area (Å²) < 4.78 is 50.7. The van der Waals surface area contributed by atoms with E-state index in [0.29, 0.717) is 32.5 Å². The molecule has 0 N–H and O–H groups in total. The molecule has 12 heteroatoms. The van der Waals surface area contributed by atoms with Crippen molar-refractivity contribution in [3.05, 3.63) is 132 Å². The van der Waals surface area contributed by atoms with Crippen molar-refractivity contribution >= 4 is 40.7 Å². The fourth-order valence-corrected chi connectivity index (χ4v) is 13.5. The smallest absolute Gasteiger partial charge is 0.326 e. The van der Waals surface area contributed by atoms with Crippen LogP contribution in [-0.2, 0) is 50.9 Å². The zero-order valence-corrected chi connectivity index (χ0v) is 39.2. The Morgan fingerprint density at radius 3 is 1.70 bits per heavy atom. The maximum atomic E-state index is 14.2. The summed E-state index contributed by atoms with van der Waals surface area (Å²) in [6.07, 6.45) is 0.980. The molecule has 4 aromatic rings. The highest BCUT2D eigenvalue weighted by molar-refractivity contribution is 7.86. The predicted octanol–water partition coefficient (Wildman–Crippen LogP) is 7.36. The number of esters is 1. The Balaban J connectivity index is 1.20. The van der Waals surface area contributed by atoms with Crippen LogP contribution in [0.1, 0.15) is 79.4 Å². The first-order valence-electron chi connectivity index (χ1n) is 21.3. The van der Waals surface area contributed by atoms with Gasteiger partial charge in [-0.15, -0.1) is 0 Å². The number of benzene rings is 4. The summed E-state index contributed by atoms with van der Waals surface area (Å²) in [5, 5.41) is 2.20. The predicted molar refractivity (Wildman–Crippen MR) is 244 cm³/mol. The van der Waals surface area contributed by atoms with Crippen molar-refractivity contribution in [2.24, 2.45) is 5.41 Å². The minimum absolute atomic E-state index is 0.0133. The van der Waals surface area contributed by atoms with Gasteiger partial charge in [0.05, 0.1) is 37.7 Å². The van der Waals surface area contributed by atoms with Crippen molar-refractivity contribution in [1.82, 2.24) is 9.80 Å². The lowest BCUT2D eigenvalue weighted by molar-refractivity contribution is -0.159. The molecule has 1 fully saturated rings. The minimum atomic E-state index is -3.95. The van der Waals surface area contributed by atoms with Crippen LogP contribution in [0.15, 0.2) is 121 Å². The molecule has 5 rings (SSSR count). The van der Waals surface area contributed by atoms with Gasteiger partial charge < -0.3 is 18.8 Å². The first-order chi connectivity index (χ1) is 28.8. The van der Waals surface area contributed by atoms with Crippen LogP contribution in [0, 0.1) is 5.41 Å². The lowest BCUT2D eigenvalue weighted by Gasteiger charge is -2.43. The molecule has 2 atom stereocenters. The van der Waals surface area contributed by atoms with Crippen LogP contribution in [-0.4, -0.2) is 94.8 Å². The second-order valence-electron chi connectivity index (χ2n) is 18.9. The molecule has 0 spiro atoms. The lowest BCUT2D eigenvalue weighted by atomic mass is 9.91. The monoisotopic (exact) mass is 870 g/mol. The molecule has 10 nitrogen and oxygen atoms in total. The lowest BCUT2D eigenvalue weighted by Crippen LogP contribution is -2.66. The Bertz CT molecular complexity index is 2010. The van der Waals surface area contributed by atoms with Crippen molar-refractivity contribution < 1.29 is 36.1 Å². The number of hydrogen-bond donors (Lipinski definition) is 0. The van der Waals surface area contributed by atoms with E-state index >= 15 is 0 Å². The highest BCUT2D eigenvalue weighted by atomic mass is 32.2. The number of rotatable bonds is 21. The molecule has 61 heavy (non-hydrogen) atoms. The molecule has 1 amide bonds. The van der Waals surface area contributed by atoms with Gasteiger partial charge in [-0.1, -0.05) is 156 Å². The third-order valence-electron chi connectivity index (χ3n) is 11.1. The summed E-state index contributed by atoms with van der Waals surface area (Å²) in [5.74, 6) is -1.06. The number of hydrogen-bond acceptors (Lipinski definition) is 9. The van der Waals surface area contributed by atoms with Crippen LogP contribution in [0.25, 0.3) is 0 Å². The Labute approximate surface area is 365 Å². The summed E-state index contributed by atoms with van der Waals surface area (Å²) in [5.41, 5.74) is 0.887. The number of nitrogens with zero attached hydrogens (tertiary/aromatic N) is 2. The van der Waals surface area contributed by atoms with E-state index in [0.717, 1.165) is 11.1 Å². The van der Waals surface area contributed by atoms with Gasteiger partial charge in [0.2, 0.25) is 5.91 Å². The van der Waals surface area contributed by atoms with Crippen LogP contribution < -0.4 is 10.4 Å². The summed E-state index contributed by atoms with van der Waals surface area (Å²) >= 11 is 0. The van der Waals surface area contributed by atoms with Crippen molar-refractivity contribution in [2.75, 3.05) is 38.7 Å². The van der Waals surface area contributed by atoms with Gasteiger partial charge in [0.1, 0.15) is 12.1 Å². The number of carbonyl (C=O) groups excluding carboxylic acids is 2. The number of amides is 1. The molecule has 0 unspecified atom stereocenters. The molecular weight excluding hydrogens is 805 g/mol. The molecule has 1 aliphatic rings. The average molecular weight is 871 g/mol. The van der Waals surface area contributed by atoms with Gasteiger partial charge in [-0.3, -0.25) is 18.7 Å². The van der Waals surface area contributed by atoms with E-state index in [1.807, 2.05) is 86.6 Å². The van der Waals surface area contributed by atoms with Crippen molar-refractivity contribution in [1.29, 1.82) is 0 Å². The third-order valence-corrected chi connectivity index (χ3v) is 17.2. The molecule has 0 bridgehead atoms. The average Bonchev–Trinajstić information content (AvgIpc) is 3.51. The van der Waals surface area contributed by atoms with Crippen LogP contribution in [0.2, 0.25) is 5.04 Å². The topological polar surface area (TPSA) is 112 Å². The van der Waals surface area contributed by atoms with Crippen LogP contribution in [0.3, 0.4) is 0 Å². The highest BCUT2D eigenvalue weighted by Crippen LogP contribution is 2.37. The maximum Gasteiger partial charge on any atom is 0.326 e. The first kappa shape index (κ1) is 47.9. The summed E-state index contributed by atoms with van der Waals surface area (Å²) in [7, 11) is -6.70. The van der Waals surface area contributed by atoms with E-state index in [1.165, 1.54) is 15.3 Å². The molecular formula is C49H66N2O8SSi. The van der Waals surface area contributed by atoms with Crippen LogP contribution in [0.5, 0.6) is 0 Å². The van der Waals surface area contributed by atoms with Gasteiger partial charge in [0.25, 0.3) is 18.4 Å². The van der Waals surface area contributed by atoms with Gasteiger partial charge in [0.15, 0.2) is 0 Å². The molecule has 4 aromatic carbocycles. The van der Waals surface area contributed by atoms with Crippen molar-refractivity contribution in [3.63, 3.8) is 0 Å². The fraction of sp³-hybridized carbons (Fsp3) is 0.469. The molecule has 330 valence electrons. The van der Waals surface area contributed by atoms with Crippen molar-refractivity contribution in [3.8, 4) is 0 Å². The summed E-state index contributed by atoms with van der Waals surface area (Å²) in [4.78, 5) is 31.0. The first-order valence-corrected chi connectivity index (χ1v) is 24.8. The quantitative estimate of drug-likeness (QED) is 0.0367. The highest BCUT2D eigenvalue weighted by Gasteiger charge is 2.50. The zero-order chi connectivity index (χ0) is 44.3. The molecule has 1 aliphatic heterocycles. The Morgan fingerprint density at radius 2 is 1.23 bits per heavy atom. The van der Waals surface area contributed by atoms with Crippen molar-refractivity contribution in [2.45, 2.75) is 104 Å². The van der Waals surface area contributed by atoms with Gasteiger partial charge in [0, 0.05) is 19.7 Å². The Hall–Kier alpha value is -4.17. The Kier molecular flexibility index (Phi) is 16.3. The molecule has 0 aliphatic carbocycles. The second-order valence-corrected chi connectivity index (χ2v) is 24.9. The van der Waals surface area contributed by atoms with Crippen LogP contribution in [0.4, 0.5) is 0 Å². The van der Waals surface area contributed by atoms with E-state index in [2.05, 4.69) is 74.2 Å². The van der Waals surface area contributed by atoms with Crippen LogP contribution >= 0.6 is 0 Å². The van der Waals surface area contributed by atoms with E-state index in [-0.39, 0.29) is 43.1 Å². The van der Waals surface area contributed by atoms with E-state index < -0.39 is 47.5 Å². The molecule has 0 aromatic heterocycles. The van der Waals surface area contributed by atoms with E-state index in [1.54, 1.807) is 20.8 Å². The second kappa shape index (κ2) is 20.8. The largest absolute Gasteiger partial charge is 0.459 e. The standard InChI is InChI=1S/C49H66N2O8SSi/c1-47(2,3)59-45(52)36-51-41(33-44(46(51)53)50(34-39-21-13-9-14-22-39)35-40-23-15-10-16-24-40)37-56-31-32-60(54,55)57-38-49(7,8)29-30-58-61(48(4,5)6,42-25-17-11-18-26-42)43-27-19-12-20-28-43/h9-28,41,44H,29-38H2,1-8H3/t41-,44-/m0/s1. The molecule has 1 heterocycles. The maximum absolute atomic E-state index is 14.2. The summed E-state index contributed by atoms with van der Waals surface area (Å²) in [6.45, 7) is 17.2. The summed E-state index contributed by atoms with van der Waals surface area (Å²) in [6, 6.07) is 39.8. The minimum Gasteiger partial charge on any atom is -0.459 e. The van der Waals surface area contributed by atoms with Gasteiger partial charge in [-0.05, 0) is 65.6 Å². The molecule has 1 saturated heterocycles. The number of likely N-dealkylation sites (tertiary alicyclic amines) is 1. The Morgan fingerprint density at radius 1 is 0.738 bits per heavy atom. The van der Waals surface area contributed by atoms with Gasteiger partial charge in [-0.2, -0.15) is 8.42 Å². The van der Waals surface area contributed by atoms with Gasteiger partial charge in [-0.25, -0.2) is 0 Å². The zero-order valence-electron chi connectivity index (χ0n) is 37.3. The number of carbonyl (C=O) groups is 2. The normalized spacial score (nSPS) is 16.6. The van der Waals surface area contributed by atoms with E-state index in [4.69, 9.17) is 18.1 Å². The van der Waals surface area contributed by atoms with E-state index in [9.17, 15) is 18.0 Å². The van der Waals surface area contributed by atoms with Gasteiger partial charge >= 0.3 is 5.97 Å². The third kappa shape index (κ3) is 13.7. The fourth-order valence-electron chi connectivity index (χ4n) is 7.96. The molecule has 0 saturated carbocycles. The number of ether oxygens (including phenoxy) is 2. The SMILES string of the molecule is CC(C)(CCO[Si](c1ccccc1)(c1ccccc1)C(C)(C)C)COS(=O)(=O)CCOC[C@@H]1C[C@H](N(Cc2ccccc2)Cc2ccccc2)C(=O)N1CC(=O)OC(C)(C)C. The molecule has 0 radical (unpaired) electrons.